The van der Waals surface area contributed by atoms with Gasteiger partial charge in [0.25, 0.3) is 5.69 Å². The minimum absolute atomic E-state index is 0.0347. The van der Waals surface area contributed by atoms with E-state index in [2.05, 4.69) is 5.32 Å². The summed E-state index contributed by atoms with van der Waals surface area (Å²) in [5.74, 6) is -0.470. The first-order chi connectivity index (χ1) is 9.99. The molecule has 0 aliphatic carbocycles. The van der Waals surface area contributed by atoms with Crippen molar-refractivity contribution in [2.45, 2.75) is 25.0 Å². The summed E-state index contributed by atoms with van der Waals surface area (Å²) in [5, 5.41) is 32.2. The third-order valence-corrected chi connectivity index (χ3v) is 2.86. The van der Waals surface area contributed by atoms with Gasteiger partial charge in [0.1, 0.15) is 12.4 Å². The molecule has 0 radical (unpaired) electrons. The SMILES string of the molecule is O=CCCC(=O)NC(CO)C(O)c1ccc([N+](=O)[O-])cc1. The maximum absolute atomic E-state index is 11.5. The van der Waals surface area contributed by atoms with Gasteiger partial charge in [-0.15, -0.1) is 0 Å². The van der Waals surface area contributed by atoms with Crippen molar-refractivity contribution in [1.29, 1.82) is 0 Å². The summed E-state index contributed by atoms with van der Waals surface area (Å²) in [4.78, 5) is 31.6. The van der Waals surface area contributed by atoms with E-state index in [0.29, 0.717) is 11.8 Å². The number of amides is 1. The average molecular weight is 296 g/mol. The van der Waals surface area contributed by atoms with E-state index < -0.39 is 29.6 Å². The van der Waals surface area contributed by atoms with Gasteiger partial charge < -0.3 is 20.3 Å². The Balaban J connectivity index is 2.73. The minimum atomic E-state index is -1.21. The van der Waals surface area contributed by atoms with Crippen molar-refractivity contribution in [3.05, 3.63) is 39.9 Å². The number of hydrogen-bond donors (Lipinski definition) is 3. The second kappa shape index (κ2) is 8.08. The van der Waals surface area contributed by atoms with Gasteiger partial charge in [0.05, 0.1) is 17.6 Å². The van der Waals surface area contributed by atoms with E-state index in [1.807, 2.05) is 0 Å². The predicted octanol–water partition coefficient (Wildman–Crippen LogP) is 0.0844. The quantitative estimate of drug-likeness (QED) is 0.354. The van der Waals surface area contributed by atoms with Crippen LogP contribution in [0, 0.1) is 10.1 Å². The van der Waals surface area contributed by atoms with Crippen LogP contribution < -0.4 is 5.32 Å². The molecule has 0 aliphatic heterocycles. The predicted molar refractivity (Wildman–Crippen MR) is 72.4 cm³/mol. The summed E-state index contributed by atoms with van der Waals surface area (Å²) in [6.07, 6.45) is -0.596. The fraction of sp³-hybridized carbons (Fsp3) is 0.385. The van der Waals surface area contributed by atoms with E-state index in [0.717, 1.165) is 0 Å². The van der Waals surface area contributed by atoms with Gasteiger partial charge in [0.15, 0.2) is 0 Å². The summed E-state index contributed by atoms with van der Waals surface area (Å²) in [6.45, 7) is -0.509. The molecule has 0 aromatic heterocycles. The van der Waals surface area contributed by atoms with Crippen LogP contribution in [-0.4, -0.2) is 40.0 Å². The van der Waals surface area contributed by atoms with E-state index >= 15 is 0 Å². The van der Waals surface area contributed by atoms with Crippen molar-refractivity contribution in [3.63, 3.8) is 0 Å². The molecule has 1 rings (SSSR count). The van der Waals surface area contributed by atoms with Gasteiger partial charge in [-0.1, -0.05) is 0 Å². The summed E-state index contributed by atoms with van der Waals surface area (Å²) in [6, 6.07) is 4.19. The number of nitro groups is 1. The number of nitrogens with zero attached hydrogens (tertiary/aromatic N) is 1. The molecule has 1 aromatic rings. The van der Waals surface area contributed by atoms with Crippen molar-refractivity contribution in [1.82, 2.24) is 5.32 Å². The molecule has 0 saturated carbocycles. The number of non-ortho nitro benzene ring substituents is 1. The van der Waals surface area contributed by atoms with Crippen molar-refractivity contribution in [2.24, 2.45) is 0 Å². The smallest absolute Gasteiger partial charge is 0.269 e. The lowest BCUT2D eigenvalue weighted by molar-refractivity contribution is -0.384. The van der Waals surface area contributed by atoms with Crippen LogP contribution in [0.25, 0.3) is 0 Å². The zero-order chi connectivity index (χ0) is 15.8. The molecule has 1 aromatic carbocycles. The van der Waals surface area contributed by atoms with Crippen LogP contribution in [0.15, 0.2) is 24.3 Å². The number of rotatable bonds is 8. The first-order valence-electron chi connectivity index (χ1n) is 6.26. The molecule has 1 amide bonds. The Labute approximate surface area is 120 Å². The Hall–Kier alpha value is -2.32. The molecule has 0 aliphatic rings. The summed E-state index contributed by atoms with van der Waals surface area (Å²) >= 11 is 0. The zero-order valence-corrected chi connectivity index (χ0v) is 11.1. The fourth-order valence-corrected chi connectivity index (χ4v) is 1.72. The third kappa shape index (κ3) is 4.93. The monoisotopic (exact) mass is 296 g/mol. The highest BCUT2D eigenvalue weighted by atomic mass is 16.6. The number of carbonyl (C=O) groups is 2. The van der Waals surface area contributed by atoms with E-state index in [1.54, 1.807) is 0 Å². The maximum Gasteiger partial charge on any atom is 0.269 e. The Bertz CT molecular complexity index is 502. The maximum atomic E-state index is 11.5. The van der Waals surface area contributed by atoms with Gasteiger partial charge in [-0.2, -0.15) is 0 Å². The van der Waals surface area contributed by atoms with E-state index in [1.165, 1.54) is 24.3 Å². The highest BCUT2D eigenvalue weighted by Crippen LogP contribution is 2.20. The summed E-state index contributed by atoms with van der Waals surface area (Å²) < 4.78 is 0. The summed E-state index contributed by atoms with van der Waals surface area (Å²) in [7, 11) is 0. The first kappa shape index (κ1) is 16.7. The Morgan fingerprint density at radius 2 is 2.00 bits per heavy atom. The van der Waals surface area contributed by atoms with Crippen molar-refractivity contribution in [3.8, 4) is 0 Å². The Morgan fingerprint density at radius 1 is 1.38 bits per heavy atom. The number of nitro benzene ring substituents is 1. The highest BCUT2D eigenvalue weighted by molar-refractivity contribution is 5.78. The molecule has 8 heteroatoms. The molecule has 0 saturated heterocycles. The lowest BCUT2D eigenvalue weighted by Crippen LogP contribution is -2.41. The number of aldehydes is 1. The van der Waals surface area contributed by atoms with Crippen LogP contribution in [0.4, 0.5) is 5.69 Å². The number of carbonyl (C=O) groups excluding carboxylic acids is 2. The molecule has 2 unspecified atom stereocenters. The van der Waals surface area contributed by atoms with Gasteiger partial charge in [-0.25, -0.2) is 0 Å². The fourth-order valence-electron chi connectivity index (χ4n) is 1.72. The van der Waals surface area contributed by atoms with Crippen molar-refractivity contribution < 1.29 is 24.7 Å². The van der Waals surface area contributed by atoms with Gasteiger partial charge in [-0.3, -0.25) is 14.9 Å². The number of hydrogen-bond acceptors (Lipinski definition) is 6. The summed E-state index contributed by atoms with van der Waals surface area (Å²) in [5.41, 5.74) is 0.205. The normalized spacial score (nSPS) is 13.2. The number of aliphatic hydroxyl groups excluding tert-OH is 2. The second-order valence-electron chi connectivity index (χ2n) is 4.36. The van der Waals surface area contributed by atoms with E-state index in [4.69, 9.17) is 0 Å². The van der Waals surface area contributed by atoms with Gasteiger partial charge >= 0.3 is 0 Å². The number of benzene rings is 1. The van der Waals surface area contributed by atoms with Gasteiger partial charge in [-0.05, 0) is 17.7 Å². The molecule has 0 bridgehead atoms. The molecular weight excluding hydrogens is 280 g/mol. The number of nitrogens with one attached hydrogen (secondary N) is 1. The molecule has 0 heterocycles. The van der Waals surface area contributed by atoms with Crippen molar-refractivity contribution in [2.75, 3.05) is 6.61 Å². The molecule has 8 nitrogen and oxygen atoms in total. The van der Waals surface area contributed by atoms with E-state index in [9.17, 15) is 29.9 Å². The van der Waals surface area contributed by atoms with Gasteiger partial charge in [0, 0.05) is 25.0 Å². The van der Waals surface area contributed by atoms with Crippen LogP contribution in [0.2, 0.25) is 0 Å². The Kier molecular flexibility index (Phi) is 6.44. The molecule has 3 N–H and O–H groups in total. The minimum Gasteiger partial charge on any atom is -0.394 e. The van der Waals surface area contributed by atoms with E-state index in [-0.39, 0.29) is 18.5 Å². The molecule has 0 spiro atoms. The highest BCUT2D eigenvalue weighted by Gasteiger charge is 2.22. The molecule has 21 heavy (non-hydrogen) atoms. The van der Waals surface area contributed by atoms with Crippen LogP contribution in [0.3, 0.4) is 0 Å². The average Bonchev–Trinajstić information content (AvgIpc) is 2.50. The molecular formula is C13H16N2O6. The third-order valence-electron chi connectivity index (χ3n) is 2.86. The van der Waals surface area contributed by atoms with Crippen LogP contribution in [0.1, 0.15) is 24.5 Å². The lowest BCUT2D eigenvalue weighted by Gasteiger charge is -2.22. The second-order valence-corrected chi connectivity index (χ2v) is 4.36. The molecule has 114 valence electrons. The standard InChI is InChI=1S/C13H16N2O6/c16-7-1-2-12(18)14-11(8-17)13(19)9-3-5-10(6-4-9)15(20)21/h3-7,11,13,17,19H,1-2,8H2,(H,14,18). The van der Waals surface area contributed by atoms with Crippen LogP contribution in [-0.2, 0) is 9.59 Å². The molecule has 0 fully saturated rings. The molecule has 2 atom stereocenters. The zero-order valence-electron chi connectivity index (χ0n) is 11.1. The number of aliphatic hydroxyl groups is 2. The van der Waals surface area contributed by atoms with Gasteiger partial charge in [0.2, 0.25) is 5.91 Å². The topological polar surface area (TPSA) is 130 Å². The van der Waals surface area contributed by atoms with Crippen LogP contribution >= 0.6 is 0 Å². The van der Waals surface area contributed by atoms with Crippen molar-refractivity contribution >= 4 is 17.9 Å². The lowest BCUT2D eigenvalue weighted by atomic mass is 10.0. The van der Waals surface area contributed by atoms with Crippen LogP contribution in [0.5, 0.6) is 0 Å². The first-order valence-corrected chi connectivity index (χ1v) is 6.26. The largest absolute Gasteiger partial charge is 0.394 e. The Morgan fingerprint density at radius 3 is 2.48 bits per heavy atom.